The van der Waals surface area contributed by atoms with Gasteiger partial charge in [-0.15, -0.1) is 0 Å². The minimum Gasteiger partial charge on any atom is -0.481 e. The van der Waals surface area contributed by atoms with Gasteiger partial charge in [-0.2, -0.15) is 0 Å². The van der Waals surface area contributed by atoms with Crippen molar-refractivity contribution in [3.05, 3.63) is 35.1 Å². The van der Waals surface area contributed by atoms with Gasteiger partial charge in [0, 0.05) is 12.1 Å². The molecule has 4 nitrogen and oxygen atoms in total. The van der Waals surface area contributed by atoms with Crippen molar-refractivity contribution in [1.82, 2.24) is 4.90 Å². The molecule has 3 rings (SSSR count). The second kappa shape index (κ2) is 5.07. The molecule has 1 N–H and O–H groups in total. The molecule has 2 aliphatic rings. The highest BCUT2D eigenvalue weighted by Crippen LogP contribution is 2.52. The van der Waals surface area contributed by atoms with Gasteiger partial charge in [-0.3, -0.25) is 9.59 Å². The van der Waals surface area contributed by atoms with Crippen molar-refractivity contribution in [2.45, 2.75) is 51.6 Å². The SMILES string of the molecule is CC[C@@]1(C(=O)O)C[C@@H]2CC[C@H]1N2C(=O)c1c(C)cccc1F. The van der Waals surface area contributed by atoms with Gasteiger partial charge >= 0.3 is 5.97 Å². The Bertz CT molecular complexity index is 625. The summed E-state index contributed by atoms with van der Waals surface area (Å²) >= 11 is 0. The Labute approximate surface area is 128 Å². The smallest absolute Gasteiger partial charge is 0.311 e. The summed E-state index contributed by atoms with van der Waals surface area (Å²) in [5.41, 5.74) is -0.206. The van der Waals surface area contributed by atoms with Crippen LogP contribution in [0.25, 0.3) is 0 Å². The summed E-state index contributed by atoms with van der Waals surface area (Å²) in [4.78, 5) is 26.3. The van der Waals surface area contributed by atoms with Crippen LogP contribution in [0.5, 0.6) is 0 Å². The molecule has 0 unspecified atom stereocenters. The third kappa shape index (κ3) is 1.87. The monoisotopic (exact) mass is 305 g/mol. The Morgan fingerprint density at radius 2 is 2.14 bits per heavy atom. The van der Waals surface area contributed by atoms with E-state index in [1.807, 2.05) is 6.92 Å². The molecule has 1 amide bonds. The average Bonchev–Trinajstić information content (AvgIpc) is 3.02. The average molecular weight is 305 g/mol. The highest BCUT2D eigenvalue weighted by molar-refractivity contribution is 5.97. The minimum absolute atomic E-state index is 0.0803. The van der Waals surface area contributed by atoms with Gasteiger partial charge in [-0.25, -0.2) is 4.39 Å². The maximum absolute atomic E-state index is 14.1. The first kappa shape index (κ1) is 15.0. The predicted molar refractivity (Wildman–Crippen MR) is 79.1 cm³/mol. The van der Waals surface area contributed by atoms with E-state index in [2.05, 4.69) is 0 Å². The number of carboxylic acid groups (broad SMARTS) is 1. The van der Waals surface area contributed by atoms with E-state index in [1.54, 1.807) is 24.0 Å². The van der Waals surface area contributed by atoms with Gasteiger partial charge in [-0.05, 0) is 44.2 Å². The van der Waals surface area contributed by atoms with Crippen molar-refractivity contribution in [2.24, 2.45) is 5.41 Å². The van der Waals surface area contributed by atoms with Crippen LogP contribution >= 0.6 is 0 Å². The molecule has 1 aromatic carbocycles. The number of hydrogen-bond donors (Lipinski definition) is 1. The van der Waals surface area contributed by atoms with Crippen LogP contribution in [0.15, 0.2) is 18.2 Å². The number of nitrogens with zero attached hydrogens (tertiary/aromatic N) is 1. The van der Waals surface area contributed by atoms with Gasteiger partial charge in [0.05, 0.1) is 11.0 Å². The molecule has 22 heavy (non-hydrogen) atoms. The zero-order valence-electron chi connectivity index (χ0n) is 12.8. The number of hydrogen-bond acceptors (Lipinski definition) is 2. The number of amides is 1. The normalized spacial score (nSPS) is 29.9. The summed E-state index contributed by atoms with van der Waals surface area (Å²) in [6.45, 7) is 3.56. The molecule has 118 valence electrons. The first-order valence-electron chi connectivity index (χ1n) is 7.73. The fourth-order valence-corrected chi connectivity index (χ4v) is 4.28. The highest BCUT2D eigenvalue weighted by Gasteiger charge is 2.60. The van der Waals surface area contributed by atoms with E-state index >= 15 is 0 Å². The van der Waals surface area contributed by atoms with Crippen molar-refractivity contribution in [1.29, 1.82) is 0 Å². The maximum atomic E-state index is 14.1. The lowest BCUT2D eigenvalue weighted by atomic mass is 9.72. The van der Waals surface area contributed by atoms with Crippen molar-refractivity contribution >= 4 is 11.9 Å². The van der Waals surface area contributed by atoms with Crippen LogP contribution in [0, 0.1) is 18.2 Å². The predicted octanol–water partition coefficient (Wildman–Crippen LogP) is 2.99. The summed E-state index contributed by atoms with van der Waals surface area (Å²) in [6, 6.07) is 4.15. The number of benzene rings is 1. The van der Waals surface area contributed by atoms with Gasteiger partial charge in [0.1, 0.15) is 5.82 Å². The number of carbonyl (C=O) groups is 2. The lowest BCUT2D eigenvalue weighted by Gasteiger charge is -2.32. The Morgan fingerprint density at radius 3 is 2.68 bits per heavy atom. The lowest BCUT2D eigenvalue weighted by molar-refractivity contribution is -0.151. The molecule has 2 heterocycles. The maximum Gasteiger partial charge on any atom is 0.311 e. The minimum atomic E-state index is -0.877. The van der Waals surface area contributed by atoms with E-state index in [-0.39, 0.29) is 23.6 Å². The number of carboxylic acids is 1. The third-order valence-electron chi connectivity index (χ3n) is 5.47. The van der Waals surface area contributed by atoms with Crippen LogP contribution < -0.4 is 0 Å². The second-order valence-electron chi connectivity index (χ2n) is 6.41. The first-order valence-corrected chi connectivity index (χ1v) is 7.73. The summed E-state index contributed by atoms with van der Waals surface area (Å²) < 4.78 is 14.1. The van der Waals surface area contributed by atoms with E-state index < -0.39 is 17.2 Å². The van der Waals surface area contributed by atoms with Crippen LogP contribution in [0.3, 0.4) is 0 Å². The zero-order valence-corrected chi connectivity index (χ0v) is 12.8. The summed E-state index contributed by atoms with van der Waals surface area (Å²) in [6.07, 6.45) is 2.45. The van der Waals surface area contributed by atoms with Gasteiger partial charge in [-0.1, -0.05) is 19.1 Å². The topological polar surface area (TPSA) is 57.6 Å². The fraction of sp³-hybridized carbons (Fsp3) is 0.529. The molecular weight excluding hydrogens is 285 g/mol. The summed E-state index contributed by atoms with van der Waals surface area (Å²) in [5, 5.41) is 9.65. The van der Waals surface area contributed by atoms with E-state index in [0.29, 0.717) is 24.8 Å². The molecule has 1 aromatic rings. The number of rotatable bonds is 3. The van der Waals surface area contributed by atoms with Crippen LogP contribution in [0.4, 0.5) is 4.39 Å². The Kier molecular flexibility index (Phi) is 3.46. The molecule has 0 radical (unpaired) electrons. The summed E-state index contributed by atoms with van der Waals surface area (Å²) in [7, 11) is 0. The van der Waals surface area contributed by atoms with E-state index in [0.717, 1.165) is 6.42 Å². The van der Waals surface area contributed by atoms with E-state index in [9.17, 15) is 19.1 Å². The van der Waals surface area contributed by atoms with Gasteiger partial charge < -0.3 is 10.0 Å². The largest absolute Gasteiger partial charge is 0.481 e. The Hall–Kier alpha value is -1.91. The van der Waals surface area contributed by atoms with Crippen LogP contribution in [0.1, 0.15) is 48.5 Å². The van der Waals surface area contributed by atoms with Gasteiger partial charge in [0.25, 0.3) is 5.91 Å². The van der Waals surface area contributed by atoms with Crippen LogP contribution in [-0.4, -0.2) is 34.0 Å². The number of carbonyl (C=O) groups excluding carboxylic acids is 1. The summed E-state index contributed by atoms with van der Waals surface area (Å²) in [5.74, 6) is -1.74. The molecule has 0 aromatic heterocycles. The molecule has 2 aliphatic heterocycles. The molecular formula is C17H20FNO3. The molecule has 2 fully saturated rings. The number of aliphatic carboxylic acids is 1. The van der Waals surface area contributed by atoms with Crippen LogP contribution in [0.2, 0.25) is 0 Å². The molecule has 0 spiro atoms. The molecule has 5 heteroatoms. The standard InChI is InChI=1S/C17H20FNO3/c1-3-17(16(21)22)9-11-7-8-13(17)19(11)15(20)14-10(2)5-4-6-12(14)18/h4-6,11,13H,3,7-9H2,1-2H3,(H,21,22)/t11-,13+,17+/m0/s1. The first-order chi connectivity index (χ1) is 10.4. The molecule has 3 atom stereocenters. The Balaban J connectivity index is 2.00. The molecule has 0 aliphatic carbocycles. The van der Waals surface area contributed by atoms with Crippen LogP contribution in [-0.2, 0) is 4.79 Å². The van der Waals surface area contributed by atoms with Crippen molar-refractivity contribution in [2.75, 3.05) is 0 Å². The molecule has 2 bridgehead atoms. The number of aryl methyl sites for hydroxylation is 1. The number of fused-ring (bicyclic) bond motifs is 2. The molecule has 0 saturated carbocycles. The lowest BCUT2D eigenvalue weighted by Crippen LogP contribution is -2.45. The van der Waals surface area contributed by atoms with E-state index in [1.165, 1.54) is 6.07 Å². The van der Waals surface area contributed by atoms with Crippen molar-refractivity contribution in [3.8, 4) is 0 Å². The quantitative estimate of drug-likeness (QED) is 0.934. The van der Waals surface area contributed by atoms with Crippen molar-refractivity contribution < 1.29 is 19.1 Å². The van der Waals surface area contributed by atoms with Gasteiger partial charge in [0.15, 0.2) is 0 Å². The van der Waals surface area contributed by atoms with Crippen molar-refractivity contribution in [3.63, 3.8) is 0 Å². The zero-order chi connectivity index (χ0) is 16.1. The van der Waals surface area contributed by atoms with Gasteiger partial charge in [0.2, 0.25) is 0 Å². The van der Waals surface area contributed by atoms with E-state index in [4.69, 9.17) is 0 Å². The third-order valence-corrected chi connectivity index (χ3v) is 5.47. The molecule has 2 saturated heterocycles. The number of halogens is 1. The second-order valence-corrected chi connectivity index (χ2v) is 6.41. The highest BCUT2D eigenvalue weighted by atomic mass is 19.1. The fourth-order valence-electron chi connectivity index (χ4n) is 4.28. The Morgan fingerprint density at radius 1 is 1.41 bits per heavy atom.